The number of hydrogen-bond acceptors (Lipinski definition) is 4. The maximum atomic E-state index is 12.2. The third kappa shape index (κ3) is 5.01. The number of carboxylic acid groups (broad SMARTS) is 1. The van der Waals surface area contributed by atoms with E-state index in [1.54, 1.807) is 30.3 Å². The number of amides is 2. The quantitative estimate of drug-likeness (QED) is 0.724. The van der Waals surface area contributed by atoms with Crippen molar-refractivity contribution in [2.75, 3.05) is 5.32 Å². The largest absolute Gasteiger partial charge is 0.481 e. The van der Waals surface area contributed by atoms with Crippen LogP contribution in [0.15, 0.2) is 48.5 Å². The molecule has 2 aromatic rings. The summed E-state index contributed by atoms with van der Waals surface area (Å²) in [6, 6.07) is 15.6. The molecule has 0 atom stereocenters. The lowest BCUT2D eigenvalue weighted by Gasteiger charge is -2.26. The van der Waals surface area contributed by atoms with Gasteiger partial charge in [-0.05, 0) is 56.0 Å². The van der Waals surface area contributed by atoms with Gasteiger partial charge in [-0.2, -0.15) is 5.26 Å². The molecular weight excluding hydrogens is 358 g/mol. The molecule has 7 heteroatoms. The monoisotopic (exact) mass is 379 g/mol. The lowest BCUT2D eigenvalue weighted by molar-refractivity contribution is -0.142. The molecule has 0 bridgehead atoms. The number of carboxylic acids is 1. The van der Waals surface area contributed by atoms with Crippen molar-refractivity contribution in [1.29, 1.82) is 5.26 Å². The van der Waals surface area contributed by atoms with Crippen LogP contribution in [0.2, 0.25) is 0 Å². The second kappa shape index (κ2) is 8.91. The number of carbonyl (C=O) groups is 2. The maximum absolute atomic E-state index is 12.2. The molecule has 28 heavy (non-hydrogen) atoms. The first-order valence-corrected chi connectivity index (χ1v) is 9.12. The van der Waals surface area contributed by atoms with Gasteiger partial charge in [-0.1, -0.05) is 18.2 Å². The minimum absolute atomic E-state index is 0.0493. The molecule has 144 valence electrons. The zero-order valence-corrected chi connectivity index (χ0v) is 15.2. The molecule has 0 unspecified atom stereocenters. The SMILES string of the molecule is N#Cc1cc(NC(=O)NC2CCC(C(=O)O)CC2)ccc1Oc1ccccc1. The first-order chi connectivity index (χ1) is 13.5. The molecule has 2 aromatic carbocycles. The van der Waals surface area contributed by atoms with Gasteiger partial charge in [0, 0.05) is 11.7 Å². The molecule has 2 amide bonds. The summed E-state index contributed by atoms with van der Waals surface area (Å²) in [6.07, 6.45) is 2.39. The van der Waals surface area contributed by atoms with E-state index in [0.717, 1.165) is 0 Å². The van der Waals surface area contributed by atoms with Gasteiger partial charge < -0.3 is 20.5 Å². The predicted molar refractivity (Wildman–Crippen MR) is 103 cm³/mol. The topological polar surface area (TPSA) is 111 Å². The molecule has 1 aliphatic carbocycles. The highest BCUT2D eigenvalue weighted by Crippen LogP contribution is 2.28. The molecule has 1 aliphatic rings. The van der Waals surface area contributed by atoms with E-state index in [-0.39, 0.29) is 18.0 Å². The normalized spacial score (nSPS) is 18.5. The first-order valence-electron chi connectivity index (χ1n) is 9.12. The van der Waals surface area contributed by atoms with Gasteiger partial charge >= 0.3 is 12.0 Å². The van der Waals surface area contributed by atoms with Crippen LogP contribution < -0.4 is 15.4 Å². The number of aliphatic carboxylic acids is 1. The van der Waals surface area contributed by atoms with Crippen molar-refractivity contribution in [3.8, 4) is 17.6 Å². The Bertz CT molecular complexity index is 884. The minimum Gasteiger partial charge on any atom is -0.481 e. The van der Waals surface area contributed by atoms with Gasteiger partial charge in [-0.3, -0.25) is 4.79 Å². The van der Waals surface area contributed by atoms with Crippen LogP contribution in [0.25, 0.3) is 0 Å². The number of urea groups is 1. The predicted octanol–water partition coefficient (Wildman–Crippen LogP) is 4.12. The third-order valence-corrected chi connectivity index (χ3v) is 4.74. The summed E-state index contributed by atoms with van der Waals surface area (Å²) in [5.74, 6) is -0.0673. The van der Waals surface area contributed by atoms with E-state index in [1.807, 2.05) is 18.2 Å². The third-order valence-electron chi connectivity index (χ3n) is 4.74. The zero-order chi connectivity index (χ0) is 19.9. The number of benzene rings is 2. The Kier molecular flexibility index (Phi) is 6.12. The number of anilines is 1. The molecule has 0 aromatic heterocycles. The highest BCUT2D eigenvalue weighted by Gasteiger charge is 2.26. The number of ether oxygens (including phenoxy) is 1. The van der Waals surface area contributed by atoms with Gasteiger partial charge in [-0.15, -0.1) is 0 Å². The number of nitriles is 1. The van der Waals surface area contributed by atoms with Gasteiger partial charge in [0.1, 0.15) is 17.6 Å². The smallest absolute Gasteiger partial charge is 0.319 e. The van der Waals surface area contributed by atoms with Crippen LogP contribution in [0.5, 0.6) is 11.5 Å². The van der Waals surface area contributed by atoms with Crippen LogP contribution in [-0.2, 0) is 4.79 Å². The van der Waals surface area contributed by atoms with Crippen molar-refractivity contribution in [3.05, 3.63) is 54.1 Å². The fourth-order valence-electron chi connectivity index (χ4n) is 3.24. The van der Waals surface area contributed by atoms with E-state index in [1.165, 1.54) is 0 Å². The Morgan fingerprint density at radius 1 is 1.07 bits per heavy atom. The van der Waals surface area contributed by atoms with Gasteiger partial charge in [0.2, 0.25) is 0 Å². The Morgan fingerprint density at radius 2 is 1.79 bits per heavy atom. The highest BCUT2D eigenvalue weighted by molar-refractivity contribution is 5.89. The number of nitrogens with zero attached hydrogens (tertiary/aromatic N) is 1. The van der Waals surface area contributed by atoms with Crippen molar-refractivity contribution < 1.29 is 19.4 Å². The summed E-state index contributed by atoms with van der Waals surface area (Å²) in [5.41, 5.74) is 0.789. The van der Waals surface area contributed by atoms with E-state index in [4.69, 9.17) is 9.84 Å². The number of rotatable bonds is 5. The van der Waals surface area contributed by atoms with E-state index in [0.29, 0.717) is 48.4 Å². The van der Waals surface area contributed by atoms with Crippen LogP contribution in [-0.4, -0.2) is 23.1 Å². The van der Waals surface area contributed by atoms with Crippen LogP contribution in [0.3, 0.4) is 0 Å². The average molecular weight is 379 g/mol. The second-order valence-corrected chi connectivity index (χ2v) is 6.72. The summed E-state index contributed by atoms with van der Waals surface area (Å²) >= 11 is 0. The van der Waals surface area contributed by atoms with E-state index >= 15 is 0 Å². The van der Waals surface area contributed by atoms with Crippen LogP contribution in [0.1, 0.15) is 31.2 Å². The van der Waals surface area contributed by atoms with Crippen molar-refractivity contribution in [2.24, 2.45) is 5.92 Å². The van der Waals surface area contributed by atoms with Crippen LogP contribution in [0, 0.1) is 17.2 Å². The molecule has 1 fully saturated rings. The standard InChI is InChI=1S/C21H21N3O4/c22-13-15-12-17(10-11-19(15)28-18-4-2-1-3-5-18)24-21(27)23-16-8-6-14(7-9-16)20(25)26/h1-5,10-12,14,16H,6-9H2,(H,25,26)(H2,23,24,27). The zero-order valence-electron chi connectivity index (χ0n) is 15.2. The van der Waals surface area contributed by atoms with Crippen molar-refractivity contribution in [2.45, 2.75) is 31.7 Å². The molecule has 3 rings (SSSR count). The average Bonchev–Trinajstić information content (AvgIpc) is 2.70. The lowest BCUT2D eigenvalue weighted by atomic mass is 9.86. The lowest BCUT2D eigenvalue weighted by Crippen LogP contribution is -2.40. The Labute approximate surface area is 162 Å². The summed E-state index contributed by atoms with van der Waals surface area (Å²) < 4.78 is 5.71. The fourth-order valence-corrected chi connectivity index (χ4v) is 3.24. The molecule has 7 nitrogen and oxygen atoms in total. The van der Waals surface area contributed by atoms with E-state index < -0.39 is 5.97 Å². The number of para-hydroxylation sites is 1. The Morgan fingerprint density at radius 3 is 2.43 bits per heavy atom. The molecule has 0 radical (unpaired) electrons. The fraction of sp³-hybridized carbons (Fsp3) is 0.286. The number of hydrogen-bond donors (Lipinski definition) is 3. The van der Waals surface area contributed by atoms with Gasteiger partial charge in [0.15, 0.2) is 0 Å². The van der Waals surface area contributed by atoms with Crippen molar-refractivity contribution in [3.63, 3.8) is 0 Å². The van der Waals surface area contributed by atoms with Gasteiger partial charge in [0.25, 0.3) is 0 Å². The maximum Gasteiger partial charge on any atom is 0.319 e. The summed E-state index contributed by atoms with van der Waals surface area (Å²) in [7, 11) is 0. The summed E-state index contributed by atoms with van der Waals surface area (Å²) in [5, 5.41) is 24.0. The van der Waals surface area contributed by atoms with Crippen molar-refractivity contribution >= 4 is 17.7 Å². The van der Waals surface area contributed by atoms with Crippen molar-refractivity contribution in [1.82, 2.24) is 5.32 Å². The van der Waals surface area contributed by atoms with Gasteiger partial charge in [0.05, 0.1) is 11.5 Å². The van der Waals surface area contributed by atoms with E-state index in [2.05, 4.69) is 16.7 Å². The number of carbonyl (C=O) groups excluding carboxylic acids is 1. The van der Waals surface area contributed by atoms with Crippen LogP contribution in [0.4, 0.5) is 10.5 Å². The summed E-state index contributed by atoms with van der Waals surface area (Å²) in [4.78, 5) is 23.2. The Balaban J connectivity index is 1.58. The Hall–Kier alpha value is -3.53. The number of nitrogens with one attached hydrogen (secondary N) is 2. The molecule has 0 heterocycles. The summed E-state index contributed by atoms with van der Waals surface area (Å²) in [6.45, 7) is 0. The molecule has 1 saturated carbocycles. The first kappa shape index (κ1) is 19.2. The minimum atomic E-state index is -0.773. The molecule has 0 saturated heterocycles. The van der Waals surface area contributed by atoms with E-state index in [9.17, 15) is 14.9 Å². The molecule has 0 aliphatic heterocycles. The molecule has 3 N–H and O–H groups in total. The van der Waals surface area contributed by atoms with Crippen LogP contribution >= 0.6 is 0 Å². The highest BCUT2D eigenvalue weighted by atomic mass is 16.5. The molecular formula is C21H21N3O4. The van der Waals surface area contributed by atoms with Gasteiger partial charge in [-0.25, -0.2) is 4.79 Å². The second-order valence-electron chi connectivity index (χ2n) is 6.72. The molecule has 0 spiro atoms.